The lowest BCUT2D eigenvalue weighted by Gasteiger charge is -2.18. The van der Waals surface area contributed by atoms with E-state index in [0.29, 0.717) is 0 Å². The summed E-state index contributed by atoms with van der Waals surface area (Å²) in [7, 11) is -2.22. The molecule has 0 spiro atoms. The van der Waals surface area contributed by atoms with Crippen LogP contribution in [0.25, 0.3) is 0 Å². The molecule has 0 N–H and O–H groups in total. The zero-order chi connectivity index (χ0) is 18.1. The van der Waals surface area contributed by atoms with Crippen molar-refractivity contribution in [3.8, 4) is 0 Å². The van der Waals surface area contributed by atoms with E-state index in [1.54, 1.807) is 12.1 Å². The van der Waals surface area contributed by atoms with Gasteiger partial charge in [-0.05, 0) is 32.4 Å². The van der Waals surface area contributed by atoms with Gasteiger partial charge in [0, 0.05) is 31.4 Å². The first kappa shape index (κ1) is 19.2. The third kappa shape index (κ3) is 3.61. The Hall–Kier alpha value is -1.08. The standard InChI is InChI=1S/C16H21Cl2N3O2S/c1-5-9-21-12(3)13(11(2)19-21)10-20(4)24(22,23)15-8-6-7-14(17)16(15)18/h6-8H,5,9-10H2,1-4H3. The molecule has 0 aliphatic carbocycles. The van der Waals surface area contributed by atoms with Gasteiger partial charge in [0.05, 0.1) is 15.7 Å². The van der Waals surface area contributed by atoms with Crippen molar-refractivity contribution in [3.05, 3.63) is 45.2 Å². The van der Waals surface area contributed by atoms with Crippen molar-refractivity contribution in [2.45, 2.75) is 45.2 Å². The van der Waals surface area contributed by atoms with Gasteiger partial charge in [0.15, 0.2) is 0 Å². The summed E-state index contributed by atoms with van der Waals surface area (Å²) in [4.78, 5) is 0.00965. The van der Waals surface area contributed by atoms with Crippen LogP contribution in [0, 0.1) is 13.8 Å². The van der Waals surface area contributed by atoms with Crippen molar-refractivity contribution in [3.63, 3.8) is 0 Å². The second kappa shape index (κ2) is 7.44. The Bertz CT molecular complexity index is 847. The number of hydrogen-bond acceptors (Lipinski definition) is 3. The van der Waals surface area contributed by atoms with Gasteiger partial charge in [-0.1, -0.05) is 36.2 Å². The van der Waals surface area contributed by atoms with E-state index in [9.17, 15) is 8.42 Å². The molecule has 0 amide bonds. The molecular weight excluding hydrogens is 369 g/mol. The maximum Gasteiger partial charge on any atom is 0.244 e. The van der Waals surface area contributed by atoms with Crippen LogP contribution in [0.4, 0.5) is 0 Å². The zero-order valence-electron chi connectivity index (χ0n) is 14.2. The number of benzene rings is 1. The van der Waals surface area contributed by atoms with Crippen LogP contribution < -0.4 is 0 Å². The Kier molecular flexibility index (Phi) is 5.96. The number of aromatic nitrogens is 2. The fraction of sp³-hybridized carbons (Fsp3) is 0.438. The van der Waals surface area contributed by atoms with Crippen molar-refractivity contribution in [1.29, 1.82) is 0 Å². The van der Waals surface area contributed by atoms with E-state index >= 15 is 0 Å². The summed E-state index contributed by atoms with van der Waals surface area (Å²) < 4.78 is 28.8. The summed E-state index contributed by atoms with van der Waals surface area (Å²) in [5, 5.41) is 4.75. The number of nitrogens with zero attached hydrogens (tertiary/aromatic N) is 3. The molecule has 1 aromatic heterocycles. The highest BCUT2D eigenvalue weighted by atomic mass is 35.5. The molecule has 0 fully saturated rings. The van der Waals surface area contributed by atoms with Crippen LogP contribution in [0.1, 0.15) is 30.3 Å². The summed E-state index contributed by atoms with van der Waals surface area (Å²) >= 11 is 12.0. The first-order valence-corrected chi connectivity index (χ1v) is 9.83. The largest absolute Gasteiger partial charge is 0.269 e. The predicted molar refractivity (Wildman–Crippen MR) is 97.1 cm³/mol. The Morgan fingerprint density at radius 3 is 2.54 bits per heavy atom. The minimum Gasteiger partial charge on any atom is -0.269 e. The van der Waals surface area contributed by atoms with E-state index in [-0.39, 0.29) is 21.5 Å². The molecule has 0 bridgehead atoms. The van der Waals surface area contributed by atoms with Gasteiger partial charge in [0.2, 0.25) is 10.0 Å². The molecule has 5 nitrogen and oxygen atoms in total. The molecule has 8 heteroatoms. The molecule has 132 valence electrons. The second-order valence-electron chi connectivity index (χ2n) is 5.69. The van der Waals surface area contributed by atoms with Crippen LogP contribution in [0.15, 0.2) is 23.1 Å². The topological polar surface area (TPSA) is 55.2 Å². The van der Waals surface area contributed by atoms with E-state index < -0.39 is 10.0 Å². The minimum absolute atomic E-state index is 0.00965. The van der Waals surface area contributed by atoms with Crippen molar-refractivity contribution >= 4 is 33.2 Å². The van der Waals surface area contributed by atoms with Crippen LogP contribution in [-0.4, -0.2) is 29.6 Å². The van der Waals surface area contributed by atoms with Crippen LogP contribution in [0.5, 0.6) is 0 Å². The molecule has 0 aliphatic heterocycles. The lowest BCUT2D eigenvalue weighted by atomic mass is 10.2. The van der Waals surface area contributed by atoms with Gasteiger partial charge in [-0.3, -0.25) is 4.68 Å². The van der Waals surface area contributed by atoms with Crippen molar-refractivity contribution in [2.75, 3.05) is 7.05 Å². The van der Waals surface area contributed by atoms with Crippen molar-refractivity contribution in [1.82, 2.24) is 14.1 Å². The van der Waals surface area contributed by atoms with Gasteiger partial charge in [-0.2, -0.15) is 9.40 Å². The fourth-order valence-corrected chi connectivity index (χ4v) is 4.42. The number of hydrogen-bond donors (Lipinski definition) is 0. The zero-order valence-corrected chi connectivity index (χ0v) is 16.5. The van der Waals surface area contributed by atoms with E-state index in [4.69, 9.17) is 23.2 Å². The number of aryl methyl sites for hydroxylation is 2. The highest BCUT2D eigenvalue weighted by molar-refractivity contribution is 7.89. The van der Waals surface area contributed by atoms with Crippen LogP contribution in [-0.2, 0) is 23.1 Å². The first-order chi connectivity index (χ1) is 11.2. The smallest absolute Gasteiger partial charge is 0.244 e. The van der Waals surface area contributed by atoms with Crippen molar-refractivity contribution in [2.24, 2.45) is 0 Å². The molecule has 2 rings (SSSR count). The molecule has 2 aromatic rings. The lowest BCUT2D eigenvalue weighted by Crippen LogP contribution is -2.27. The van der Waals surface area contributed by atoms with Gasteiger partial charge in [0.25, 0.3) is 0 Å². The van der Waals surface area contributed by atoms with Gasteiger partial charge < -0.3 is 0 Å². The minimum atomic E-state index is -3.75. The Labute approximate surface area is 153 Å². The predicted octanol–water partition coefficient (Wildman–Crippen LogP) is 4.04. The first-order valence-electron chi connectivity index (χ1n) is 7.63. The van der Waals surface area contributed by atoms with E-state index in [2.05, 4.69) is 12.0 Å². The Morgan fingerprint density at radius 2 is 1.92 bits per heavy atom. The SMILES string of the molecule is CCCn1nc(C)c(CN(C)S(=O)(=O)c2cccc(Cl)c2Cl)c1C. The molecule has 0 atom stereocenters. The fourth-order valence-electron chi connectivity index (χ4n) is 2.55. The second-order valence-corrected chi connectivity index (χ2v) is 8.48. The van der Waals surface area contributed by atoms with Gasteiger partial charge >= 0.3 is 0 Å². The summed E-state index contributed by atoms with van der Waals surface area (Å²) in [5.74, 6) is 0. The summed E-state index contributed by atoms with van der Waals surface area (Å²) in [6, 6.07) is 4.59. The Balaban J connectivity index is 2.36. The maximum absolute atomic E-state index is 12.8. The lowest BCUT2D eigenvalue weighted by molar-refractivity contribution is 0.464. The third-order valence-electron chi connectivity index (χ3n) is 3.95. The van der Waals surface area contributed by atoms with E-state index in [0.717, 1.165) is 29.9 Å². The van der Waals surface area contributed by atoms with Crippen LogP contribution in [0.3, 0.4) is 0 Å². The van der Waals surface area contributed by atoms with Gasteiger partial charge in [0.1, 0.15) is 4.90 Å². The number of halogens is 2. The summed E-state index contributed by atoms with van der Waals surface area (Å²) in [6.45, 7) is 6.96. The average Bonchev–Trinajstić information content (AvgIpc) is 2.77. The molecule has 0 saturated heterocycles. The van der Waals surface area contributed by atoms with Crippen LogP contribution in [0.2, 0.25) is 10.0 Å². The number of sulfonamides is 1. The quantitative estimate of drug-likeness (QED) is 0.748. The summed E-state index contributed by atoms with van der Waals surface area (Å²) in [5.41, 5.74) is 2.72. The average molecular weight is 390 g/mol. The molecule has 0 aliphatic rings. The van der Waals surface area contributed by atoms with E-state index in [1.807, 2.05) is 18.5 Å². The molecule has 0 radical (unpaired) electrons. The maximum atomic E-state index is 12.8. The highest BCUT2D eigenvalue weighted by Crippen LogP contribution is 2.31. The molecule has 24 heavy (non-hydrogen) atoms. The highest BCUT2D eigenvalue weighted by Gasteiger charge is 2.26. The molecule has 1 heterocycles. The summed E-state index contributed by atoms with van der Waals surface area (Å²) in [6.07, 6.45) is 0.966. The third-order valence-corrected chi connectivity index (χ3v) is 6.73. The van der Waals surface area contributed by atoms with Gasteiger partial charge in [-0.25, -0.2) is 8.42 Å². The normalized spacial score (nSPS) is 12.1. The molecular formula is C16H21Cl2N3O2S. The van der Waals surface area contributed by atoms with Crippen LogP contribution >= 0.6 is 23.2 Å². The van der Waals surface area contributed by atoms with Crippen molar-refractivity contribution < 1.29 is 8.42 Å². The van der Waals surface area contributed by atoms with Gasteiger partial charge in [-0.15, -0.1) is 0 Å². The monoisotopic (exact) mass is 389 g/mol. The van der Waals surface area contributed by atoms with E-state index in [1.165, 1.54) is 17.4 Å². The molecule has 0 unspecified atom stereocenters. The number of rotatable bonds is 6. The molecule has 0 saturated carbocycles. The Morgan fingerprint density at radius 1 is 1.25 bits per heavy atom. The molecule has 1 aromatic carbocycles.